The van der Waals surface area contributed by atoms with Gasteiger partial charge in [0.25, 0.3) is 0 Å². The molecule has 2 aromatic carbocycles. The summed E-state index contributed by atoms with van der Waals surface area (Å²) in [7, 11) is 0.361. The van der Waals surface area contributed by atoms with Crippen LogP contribution in [0.5, 0.6) is 0 Å². The van der Waals surface area contributed by atoms with Gasteiger partial charge in [0.15, 0.2) is 0 Å². The lowest BCUT2D eigenvalue weighted by Crippen LogP contribution is -2.55. The van der Waals surface area contributed by atoms with E-state index in [2.05, 4.69) is 26.8 Å². The number of hydrogen-bond acceptors (Lipinski definition) is 4. The van der Waals surface area contributed by atoms with Crippen molar-refractivity contribution in [2.75, 3.05) is 26.5 Å². The van der Waals surface area contributed by atoms with E-state index in [4.69, 9.17) is 18.9 Å². The van der Waals surface area contributed by atoms with Crippen molar-refractivity contribution in [3.63, 3.8) is 0 Å². The number of benzene rings is 2. The predicted molar refractivity (Wildman–Crippen MR) is 153 cm³/mol. The molecule has 236 valence electrons. The lowest BCUT2D eigenvalue weighted by atomic mass is 9.68. The normalized spacial score (nSPS) is 30.5. The molecule has 3 aliphatic rings. The van der Waals surface area contributed by atoms with Gasteiger partial charge in [-0.15, -0.1) is 0 Å². The summed E-state index contributed by atoms with van der Waals surface area (Å²) in [5.74, 6) is -0.0364. The Morgan fingerprint density at radius 2 is 1.49 bits per heavy atom. The van der Waals surface area contributed by atoms with Crippen LogP contribution in [0.1, 0.15) is 51.2 Å². The molecule has 6 atom stereocenters. The average molecular weight is 631 g/mol. The molecule has 1 aliphatic carbocycles. The monoisotopic (exact) mass is 630 g/mol. The fraction of sp³-hybridized carbons (Fsp3) is 0.562. The Bertz CT molecular complexity index is 1230. The van der Waals surface area contributed by atoms with Gasteiger partial charge in [0.1, 0.15) is 5.60 Å². The summed E-state index contributed by atoms with van der Waals surface area (Å²) in [5, 5.41) is 1.25. The molecule has 1 saturated carbocycles. The van der Waals surface area contributed by atoms with Crippen LogP contribution < -0.4 is 10.6 Å². The van der Waals surface area contributed by atoms with E-state index in [-0.39, 0.29) is 36.4 Å². The number of ether oxygens (including phenoxy) is 4. The molecule has 2 saturated heterocycles. The minimum absolute atomic E-state index is 0.0364. The quantitative estimate of drug-likeness (QED) is 0.120. The molecule has 0 unspecified atom stereocenters. The van der Waals surface area contributed by atoms with Crippen LogP contribution in [0.3, 0.4) is 0 Å². The van der Waals surface area contributed by atoms with E-state index < -0.39 is 37.0 Å². The standard InChI is InChI=1S/C32H37F6O4P/c1-20(2)5-14-26-29(3,42-26)28-27(39-4)25(15-16-30(28)19-41-30)40-17-18-43(23-10-6-21(7-11-23)31(33,34)35)24-12-8-22(9-13-24)32(36,37)38/h5-13,25-28H,14-19H2,1-4H3/t25-,26-,27-,28-,29+,30+/m1/s1. The van der Waals surface area contributed by atoms with E-state index in [1.165, 1.54) is 29.8 Å². The zero-order valence-electron chi connectivity index (χ0n) is 24.6. The molecule has 0 N–H and O–H groups in total. The molecular weight excluding hydrogens is 593 g/mol. The zero-order chi connectivity index (χ0) is 31.2. The summed E-state index contributed by atoms with van der Waals surface area (Å²) in [4.78, 5) is 0. The molecule has 2 aromatic rings. The van der Waals surface area contributed by atoms with E-state index in [9.17, 15) is 26.3 Å². The summed E-state index contributed by atoms with van der Waals surface area (Å²) in [6.45, 7) is 7.12. The second-order valence-electron chi connectivity index (χ2n) is 12.0. The van der Waals surface area contributed by atoms with Gasteiger partial charge in [-0.05, 0) is 89.0 Å². The first kappa shape index (κ1) is 32.4. The maximum Gasteiger partial charge on any atom is 0.416 e. The Kier molecular flexibility index (Phi) is 9.11. The summed E-state index contributed by atoms with van der Waals surface area (Å²) in [6.07, 6.45) is -4.57. The van der Waals surface area contributed by atoms with E-state index in [1.807, 2.05) is 0 Å². The van der Waals surface area contributed by atoms with Crippen LogP contribution in [0.4, 0.5) is 26.3 Å². The largest absolute Gasteiger partial charge is 0.416 e. The first-order chi connectivity index (χ1) is 20.2. The average Bonchev–Trinajstić information content (AvgIpc) is 3.86. The number of methoxy groups -OCH3 is 1. The topological polar surface area (TPSA) is 43.5 Å². The van der Waals surface area contributed by atoms with E-state index in [0.29, 0.717) is 29.8 Å². The Morgan fingerprint density at radius 1 is 0.953 bits per heavy atom. The van der Waals surface area contributed by atoms with Gasteiger partial charge in [0.2, 0.25) is 0 Å². The molecule has 0 aromatic heterocycles. The maximum atomic E-state index is 13.2. The zero-order valence-corrected chi connectivity index (χ0v) is 25.5. The molecule has 3 fully saturated rings. The molecule has 43 heavy (non-hydrogen) atoms. The molecule has 2 heterocycles. The first-order valence-corrected chi connectivity index (χ1v) is 15.9. The van der Waals surface area contributed by atoms with Crippen LogP contribution in [-0.4, -0.2) is 56.0 Å². The summed E-state index contributed by atoms with van der Waals surface area (Å²) in [6, 6.07) is 9.69. The highest BCUT2D eigenvalue weighted by Crippen LogP contribution is 2.59. The number of rotatable bonds is 10. The molecule has 0 radical (unpaired) electrons. The van der Waals surface area contributed by atoms with Gasteiger partial charge in [-0.2, -0.15) is 26.3 Å². The fourth-order valence-corrected chi connectivity index (χ4v) is 8.61. The third-order valence-corrected chi connectivity index (χ3v) is 11.4. The van der Waals surface area contributed by atoms with Gasteiger partial charge < -0.3 is 18.9 Å². The van der Waals surface area contributed by atoms with Crippen molar-refractivity contribution in [3.8, 4) is 0 Å². The first-order valence-electron chi connectivity index (χ1n) is 14.4. The minimum Gasteiger partial charge on any atom is -0.378 e. The van der Waals surface area contributed by atoms with Crippen molar-refractivity contribution in [2.45, 2.75) is 81.9 Å². The van der Waals surface area contributed by atoms with E-state index >= 15 is 0 Å². The minimum atomic E-state index is -4.49. The van der Waals surface area contributed by atoms with Crippen molar-refractivity contribution < 1.29 is 45.3 Å². The van der Waals surface area contributed by atoms with Gasteiger partial charge in [0, 0.05) is 7.11 Å². The van der Waals surface area contributed by atoms with Crippen molar-refractivity contribution in [1.29, 1.82) is 0 Å². The van der Waals surface area contributed by atoms with Crippen LogP contribution in [0.25, 0.3) is 0 Å². The number of epoxide rings is 2. The Balaban J connectivity index is 1.32. The van der Waals surface area contributed by atoms with Gasteiger partial charge in [-0.3, -0.25) is 0 Å². The lowest BCUT2D eigenvalue weighted by Gasteiger charge is -2.43. The van der Waals surface area contributed by atoms with E-state index in [0.717, 1.165) is 37.1 Å². The predicted octanol–water partition coefficient (Wildman–Crippen LogP) is 7.25. The highest BCUT2D eigenvalue weighted by Gasteiger charge is 2.72. The number of alkyl halides is 6. The Labute approximate surface area is 249 Å². The smallest absolute Gasteiger partial charge is 0.378 e. The summed E-state index contributed by atoms with van der Waals surface area (Å²) in [5.41, 5.74) is -1.05. The highest BCUT2D eigenvalue weighted by molar-refractivity contribution is 7.73. The molecule has 1 spiro atoms. The molecular formula is C32H37F6O4P. The summed E-state index contributed by atoms with van der Waals surface area (Å²) < 4.78 is 104. The van der Waals surface area contributed by atoms with Gasteiger partial charge >= 0.3 is 12.4 Å². The third kappa shape index (κ3) is 6.99. The Hall–Kier alpha value is -1.97. The van der Waals surface area contributed by atoms with Crippen LogP contribution in [0.15, 0.2) is 60.2 Å². The van der Waals surface area contributed by atoms with Crippen LogP contribution in [0, 0.1) is 5.92 Å². The molecule has 4 nitrogen and oxygen atoms in total. The third-order valence-electron chi connectivity index (χ3n) is 8.90. The van der Waals surface area contributed by atoms with Crippen LogP contribution in [0.2, 0.25) is 0 Å². The molecule has 2 aliphatic heterocycles. The molecule has 0 amide bonds. The van der Waals surface area contributed by atoms with Gasteiger partial charge in [-0.1, -0.05) is 35.9 Å². The molecule has 0 bridgehead atoms. The lowest BCUT2D eigenvalue weighted by molar-refractivity contribution is -0.138. The molecule has 5 rings (SSSR count). The van der Waals surface area contributed by atoms with Crippen molar-refractivity contribution in [1.82, 2.24) is 0 Å². The number of hydrogen-bond donors (Lipinski definition) is 0. The summed E-state index contributed by atoms with van der Waals surface area (Å²) >= 11 is 0. The maximum absolute atomic E-state index is 13.2. The second-order valence-corrected chi connectivity index (χ2v) is 14.4. The van der Waals surface area contributed by atoms with Crippen molar-refractivity contribution in [2.24, 2.45) is 5.92 Å². The number of halogens is 6. The SMILES string of the molecule is CO[C@@H]1[C@H](OCCP(c2ccc(C(F)(F)F)cc2)c2ccc(C(F)(F)F)cc2)CC[C@]2(CO2)[C@H]1[C@@]1(C)O[C@@H]1CC=C(C)C. The fourth-order valence-electron chi connectivity index (χ4n) is 6.49. The van der Waals surface area contributed by atoms with Crippen LogP contribution >= 0.6 is 7.92 Å². The molecule has 11 heteroatoms. The van der Waals surface area contributed by atoms with Crippen LogP contribution in [-0.2, 0) is 31.3 Å². The highest BCUT2D eigenvalue weighted by atomic mass is 31.1. The number of allylic oxidation sites excluding steroid dienone is 1. The van der Waals surface area contributed by atoms with Crippen molar-refractivity contribution >= 4 is 18.5 Å². The van der Waals surface area contributed by atoms with Gasteiger partial charge in [0.05, 0.1) is 54.2 Å². The Morgan fingerprint density at radius 3 is 1.93 bits per heavy atom. The second kappa shape index (κ2) is 12.1. The van der Waals surface area contributed by atoms with E-state index in [1.54, 1.807) is 7.11 Å². The van der Waals surface area contributed by atoms with Gasteiger partial charge in [-0.25, -0.2) is 0 Å². The van der Waals surface area contributed by atoms with Crippen molar-refractivity contribution in [3.05, 3.63) is 71.3 Å².